The number of hydrogen-bond donors (Lipinski definition) is 1. The van der Waals surface area contributed by atoms with Gasteiger partial charge in [0.2, 0.25) is 0 Å². The van der Waals surface area contributed by atoms with E-state index < -0.39 is 0 Å². The lowest BCUT2D eigenvalue weighted by Gasteiger charge is -2.44. The topological polar surface area (TPSA) is 46.5 Å². The first-order valence-corrected chi connectivity index (χ1v) is 4.98. The summed E-state index contributed by atoms with van der Waals surface area (Å²) in [6.07, 6.45) is 3.71. The van der Waals surface area contributed by atoms with Crippen LogP contribution in [0.25, 0.3) is 0 Å². The average Bonchev–Trinajstić information content (AvgIpc) is 2.17. The van der Waals surface area contributed by atoms with E-state index in [2.05, 4.69) is 0 Å². The van der Waals surface area contributed by atoms with Crippen molar-refractivity contribution in [3.63, 3.8) is 0 Å². The smallest absolute Gasteiger partial charge is 0.309 e. The molecule has 0 heterocycles. The maximum absolute atomic E-state index is 11.4. The van der Waals surface area contributed by atoms with Crippen LogP contribution in [0.4, 0.5) is 0 Å². The van der Waals surface area contributed by atoms with Gasteiger partial charge in [0.25, 0.3) is 0 Å². The van der Waals surface area contributed by atoms with Crippen molar-refractivity contribution in [1.82, 2.24) is 0 Å². The summed E-state index contributed by atoms with van der Waals surface area (Å²) < 4.78 is 4.74. The van der Waals surface area contributed by atoms with Crippen molar-refractivity contribution in [3.05, 3.63) is 0 Å². The van der Waals surface area contributed by atoms with Crippen LogP contribution in [-0.4, -0.2) is 24.3 Å². The van der Waals surface area contributed by atoms with E-state index in [1.165, 1.54) is 13.5 Å². The van der Waals surface area contributed by atoms with Crippen LogP contribution < -0.4 is 0 Å². The summed E-state index contributed by atoms with van der Waals surface area (Å²) in [5.41, 5.74) is 0. The number of esters is 1. The van der Waals surface area contributed by atoms with Gasteiger partial charge in [0.1, 0.15) is 0 Å². The van der Waals surface area contributed by atoms with Crippen molar-refractivity contribution < 1.29 is 14.6 Å². The molecule has 2 bridgehead atoms. The Kier molecular flexibility index (Phi) is 2.28. The number of carbonyl (C=O) groups excluding carboxylic acids is 1. The van der Waals surface area contributed by atoms with Gasteiger partial charge >= 0.3 is 5.97 Å². The molecule has 0 aromatic carbocycles. The van der Waals surface area contributed by atoms with Gasteiger partial charge in [-0.05, 0) is 37.5 Å². The fourth-order valence-corrected chi connectivity index (χ4v) is 2.89. The van der Waals surface area contributed by atoms with Crippen molar-refractivity contribution in [1.29, 1.82) is 0 Å². The second-order valence-electron chi connectivity index (χ2n) is 4.28. The average molecular weight is 184 g/mol. The number of methoxy groups -OCH3 is 1. The van der Waals surface area contributed by atoms with E-state index in [9.17, 15) is 9.90 Å². The molecule has 0 spiro atoms. The summed E-state index contributed by atoms with van der Waals surface area (Å²) >= 11 is 0. The van der Waals surface area contributed by atoms with Gasteiger partial charge < -0.3 is 9.84 Å². The number of aliphatic hydroxyl groups excluding tert-OH is 1. The molecule has 3 fully saturated rings. The van der Waals surface area contributed by atoms with Gasteiger partial charge in [0.05, 0.1) is 19.1 Å². The lowest BCUT2D eigenvalue weighted by Crippen LogP contribution is -2.44. The lowest BCUT2D eigenvalue weighted by molar-refractivity contribution is -0.156. The van der Waals surface area contributed by atoms with Crippen molar-refractivity contribution in [2.24, 2.45) is 17.8 Å². The molecule has 3 aliphatic carbocycles. The third-order valence-electron chi connectivity index (χ3n) is 3.59. The third kappa shape index (κ3) is 1.46. The van der Waals surface area contributed by atoms with Crippen LogP contribution in [0.2, 0.25) is 0 Å². The van der Waals surface area contributed by atoms with Gasteiger partial charge in [0.15, 0.2) is 0 Å². The van der Waals surface area contributed by atoms with E-state index in [4.69, 9.17) is 4.74 Å². The van der Waals surface area contributed by atoms with Gasteiger partial charge in [-0.15, -0.1) is 0 Å². The minimum Gasteiger partial charge on any atom is -0.469 e. The first kappa shape index (κ1) is 9.00. The Balaban J connectivity index is 2.10. The second kappa shape index (κ2) is 3.29. The summed E-state index contributed by atoms with van der Waals surface area (Å²) in [6, 6.07) is 0. The quantitative estimate of drug-likeness (QED) is 0.617. The van der Waals surface area contributed by atoms with Crippen LogP contribution in [0, 0.1) is 17.8 Å². The van der Waals surface area contributed by atoms with Crippen molar-refractivity contribution >= 4 is 5.97 Å². The van der Waals surface area contributed by atoms with E-state index in [0.717, 1.165) is 19.3 Å². The Morgan fingerprint density at radius 1 is 1.38 bits per heavy atom. The minimum atomic E-state index is -0.267. The van der Waals surface area contributed by atoms with E-state index in [-0.39, 0.29) is 23.9 Å². The molecule has 0 aliphatic heterocycles. The molecular weight excluding hydrogens is 168 g/mol. The molecule has 0 unspecified atom stereocenters. The Morgan fingerprint density at radius 3 is 2.69 bits per heavy atom. The highest BCUT2D eigenvalue weighted by Gasteiger charge is 2.44. The van der Waals surface area contributed by atoms with Gasteiger partial charge in [-0.1, -0.05) is 0 Å². The van der Waals surface area contributed by atoms with Gasteiger partial charge in [0, 0.05) is 0 Å². The van der Waals surface area contributed by atoms with Gasteiger partial charge in [-0.3, -0.25) is 4.79 Å². The fourth-order valence-electron chi connectivity index (χ4n) is 2.89. The van der Waals surface area contributed by atoms with Gasteiger partial charge in [-0.2, -0.15) is 0 Å². The fraction of sp³-hybridized carbons (Fsp3) is 0.900. The first-order valence-electron chi connectivity index (χ1n) is 4.98. The number of fused-ring (bicyclic) bond motifs is 3. The molecule has 3 saturated carbocycles. The number of rotatable bonds is 1. The predicted octanol–water partition coefficient (Wildman–Crippen LogP) is 0.956. The molecule has 0 aromatic rings. The molecule has 3 rings (SSSR count). The van der Waals surface area contributed by atoms with Gasteiger partial charge in [-0.25, -0.2) is 0 Å². The minimum absolute atomic E-state index is 0.0347. The standard InChI is InChI=1S/C10H16O3/c1-13-10(12)8-4-6-2-3-7(8)9(11)5-6/h6-9,11H,2-5H2,1H3/t6-,7+,8+,9-/m0/s1. The maximum Gasteiger partial charge on any atom is 0.309 e. The zero-order valence-corrected chi connectivity index (χ0v) is 7.90. The molecule has 0 radical (unpaired) electrons. The molecule has 3 aliphatic rings. The van der Waals surface area contributed by atoms with Crippen LogP contribution in [0.15, 0.2) is 0 Å². The lowest BCUT2D eigenvalue weighted by atomic mass is 9.63. The second-order valence-corrected chi connectivity index (χ2v) is 4.28. The summed E-state index contributed by atoms with van der Waals surface area (Å²) in [5.74, 6) is 0.544. The van der Waals surface area contributed by atoms with E-state index >= 15 is 0 Å². The molecule has 0 amide bonds. The summed E-state index contributed by atoms with van der Waals surface area (Å²) in [4.78, 5) is 11.4. The Hall–Kier alpha value is -0.570. The largest absolute Gasteiger partial charge is 0.469 e. The number of carbonyl (C=O) groups is 1. The molecule has 13 heavy (non-hydrogen) atoms. The molecule has 0 aromatic heterocycles. The molecule has 3 nitrogen and oxygen atoms in total. The molecule has 1 N–H and O–H groups in total. The van der Waals surface area contributed by atoms with E-state index in [1.807, 2.05) is 0 Å². The summed E-state index contributed by atoms with van der Waals surface area (Å²) in [5, 5.41) is 9.71. The molecule has 3 heteroatoms. The third-order valence-corrected chi connectivity index (χ3v) is 3.59. The highest BCUT2D eigenvalue weighted by molar-refractivity contribution is 5.73. The van der Waals surface area contributed by atoms with Crippen LogP contribution in [0.5, 0.6) is 0 Å². The van der Waals surface area contributed by atoms with Crippen molar-refractivity contribution in [2.45, 2.75) is 31.8 Å². The normalized spacial score (nSPS) is 43.2. The first-order chi connectivity index (χ1) is 6.22. The number of aliphatic hydroxyl groups is 1. The SMILES string of the molecule is COC(=O)[C@@H]1C[C@@H]2CC[C@H]1[C@@H](O)C2. The van der Waals surface area contributed by atoms with Crippen LogP contribution in [0.1, 0.15) is 25.7 Å². The Bertz CT molecular complexity index is 214. The predicted molar refractivity (Wildman–Crippen MR) is 47.0 cm³/mol. The van der Waals surface area contributed by atoms with Crippen molar-refractivity contribution in [3.8, 4) is 0 Å². The molecule has 4 atom stereocenters. The number of ether oxygens (including phenoxy) is 1. The summed E-state index contributed by atoms with van der Waals surface area (Å²) in [6.45, 7) is 0. The van der Waals surface area contributed by atoms with E-state index in [0.29, 0.717) is 5.92 Å². The van der Waals surface area contributed by atoms with Crippen LogP contribution in [-0.2, 0) is 9.53 Å². The zero-order chi connectivity index (χ0) is 9.42. The number of hydrogen-bond acceptors (Lipinski definition) is 3. The molecule has 74 valence electrons. The van der Waals surface area contributed by atoms with Crippen LogP contribution >= 0.6 is 0 Å². The molecular formula is C10H16O3. The highest BCUT2D eigenvalue weighted by atomic mass is 16.5. The van der Waals surface area contributed by atoms with Crippen molar-refractivity contribution in [2.75, 3.05) is 7.11 Å². The summed E-state index contributed by atoms with van der Waals surface area (Å²) in [7, 11) is 1.43. The molecule has 0 saturated heterocycles. The Morgan fingerprint density at radius 2 is 2.15 bits per heavy atom. The van der Waals surface area contributed by atoms with Crippen LogP contribution in [0.3, 0.4) is 0 Å². The monoisotopic (exact) mass is 184 g/mol. The maximum atomic E-state index is 11.4. The Labute approximate surface area is 78.1 Å². The highest BCUT2D eigenvalue weighted by Crippen LogP contribution is 2.45. The zero-order valence-electron chi connectivity index (χ0n) is 7.90. The van der Waals surface area contributed by atoms with E-state index in [1.54, 1.807) is 0 Å².